The third kappa shape index (κ3) is 4.06. The van der Waals surface area contributed by atoms with Crippen LogP contribution in [0.2, 0.25) is 5.04 Å². The highest BCUT2D eigenvalue weighted by atomic mass is 28.4. The zero-order valence-corrected chi connectivity index (χ0v) is 16.5. The molecule has 0 aromatic heterocycles. The molecule has 0 unspecified atom stereocenters. The van der Waals surface area contributed by atoms with Gasteiger partial charge in [-0.3, -0.25) is 0 Å². The van der Waals surface area contributed by atoms with E-state index in [1.165, 1.54) is 10.4 Å². The van der Waals surface area contributed by atoms with Gasteiger partial charge in [-0.15, -0.1) is 0 Å². The summed E-state index contributed by atoms with van der Waals surface area (Å²) in [7, 11) is -2.34. The van der Waals surface area contributed by atoms with E-state index in [2.05, 4.69) is 101 Å². The maximum atomic E-state index is 6.80. The molecule has 0 saturated carbocycles. The highest BCUT2D eigenvalue weighted by molar-refractivity contribution is 6.99. The molecule has 0 bridgehead atoms. The minimum atomic E-state index is -2.34. The van der Waals surface area contributed by atoms with Crippen LogP contribution in [0.15, 0.2) is 72.8 Å². The van der Waals surface area contributed by atoms with Crippen molar-refractivity contribution in [3.8, 4) is 0 Å². The monoisotopic (exact) mass is 338 g/mol. The van der Waals surface area contributed by atoms with Gasteiger partial charge in [0.05, 0.1) is 0 Å². The van der Waals surface area contributed by atoms with E-state index in [0.29, 0.717) is 0 Å². The Labute approximate surface area is 148 Å². The van der Waals surface area contributed by atoms with Crippen molar-refractivity contribution in [1.82, 2.24) is 0 Å². The second kappa shape index (κ2) is 8.45. The van der Waals surface area contributed by atoms with E-state index in [1.807, 2.05) is 0 Å². The van der Waals surface area contributed by atoms with Crippen molar-refractivity contribution in [2.45, 2.75) is 45.6 Å². The van der Waals surface area contributed by atoms with Crippen molar-refractivity contribution < 1.29 is 4.43 Å². The molecule has 0 spiro atoms. The lowest BCUT2D eigenvalue weighted by Gasteiger charge is -2.43. The maximum Gasteiger partial charge on any atom is 0.261 e. The van der Waals surface area contributed by atoms with Crippen molar-refractivity contribution in [1.29, 1.82) is 0 Å². The first-order valence-electron chi connectivity index (χ1n) is 8.92. The Hall–Kier alpha value is -1.64. The van der Waals surface area contributed by atoms with E-state index in [0.717, 1.165) is 19.4 Å². The molecule has 0 aliphatic rings. The standard InChI is InChI=1S/C22H30OSi/c1-5-6-7-14-19-23-24(22(2,3)4,20-15-10-8-11-16-20)21-17-12-9-13-18-21/h6-13,15-18H,5,14,19H2,1-4H3. The molecule has 0 atom stereocenters. The lowest BCUT2D eigenvalue weighted by molar-refractivity contribution is 0.304. The third-order valence-electron chi connectivity index (χ3n) is 4.42. The van der Waals surface area contributed by atoms with Crippen LogP contribution in [0.25, 0.3) is 0 Å². The van der Waals surface area contributed by atoms with Crippen molar-refractivity contribution >= 4 is 18.7 Å². The van der Waals surface area contributed by atoms with Crippen LogP contribution in [-0.4, -0.2) is 14.9 Å². The van der Waals surface area contributed by atoms with Crippen molar-refractivity contribution in [2.75, 3.05) is 6.61 Å². The zero-order valence-electron chi connectivity index (χ0n) is 15.5. The highest BCUT2D eigenvalue weighted by Gasteiger charge is 2.49. The summed E-state index contributed by atoms with van der Waals surface area (Å²) in [6, 6.07) is 21.7. The molecule has 1 nitrogen and oxygen atoms in total. The van der Waals surface area contributed by atoms with Gasteiger partial charge in [0.2, 0.25) is 0 Å². The molecule has 0 radical (unpaired) electrons. The van der Waals surface area contributed by atoms with Crippen LogP contribution >= 0.6 is 0 Å². The van der Waals surface area contributed by atoms with Gasteiger partial charge in [0.15, 0.2) is 0 Å². The van der Waals surface area contributed by atoms with E-state index in [4.69, 9.17) is 4.43 Å². The smallest absolute Gasteiger partial charge is 0.261 e. The Kier molecular flexibility index (Phi) is 6.58. The molecule has 2 heteroatoms. The average Bonchev–Trinajstić information content (AvgIpc) is 2.59. The van der Waals surface area contributed by atoms with Gasteiger partial charge < -0.3 is 4.43 Å². The Balaban J connectivity index is 2.47. The van der Waals surface area contributed by atoms with Crippen molar-refractivity contribution in [2.24, 2.45) is 0 Å². The molecule has 128 valence electrons. The van der Waals surface area contributed by atoms with Crippen LogP contribution in [0.4, 0.5) is 0 Å². The van der Waals surface area contributed by atoms with Gasteiger partial charge in [0.1, 0.15) is 0 Å². The largest absolute Gasteiger partial charge is 0.407 e. The molecule has 0 saturated heterocycles. The summed E-state index contributed by atoms with van der Waals surface area (Å²) in [6.45, 7) is 9.90. The van der Waals surface area contributed by atoms with Crippen LogP contribution < -0.4 is 10.4 Å². The van der Waals surface area contributed by atoms with Gasteiger partial charge in [-0.1, -0.05) is 101 Å². The summed E-state index contributed by atoms with van der Waals surface area (Å²) in [5.41, 5.74) is 0. The summed E-state index contributed by atoms with van der Waals surface area (Å²) in [5, 5.41) is 2.76. The Bertz CT molecular complexity index is 587. The topological polar surface area (TPSA) is 9.23 Å². The molecule has 0 amide bonds. The Morgan fingerprint density at radius 2 is 1.33 bits per heavy atom. The predicted molar refractivity (Wildman–Crippen MR) is 108 cm³/mol. The van der Waals surface area contributed by atoms with Crippen LogP contribution in [0, 0.1) is 0 Å². The molecule has 0 heterocycles. The number of benzene rings is 2. The molecule has 0 N–H and O–H groups in total. The molecule has 2 aromatic rings. The summed E-state index contributed by atoms with van der Waals surface area (Å²) in [4.78, 5) is 0. The first-order valence-corrected chi connectivity index (χ1v) is 10.8. The molecule has 2 aromatic carbocycles. The van der Waals surface area contributed by atoms with E-state index < -0.39 is 8.32 Å². The first kappa shape index (κ1) is 18.7. The molecular formula is C22H30OSi. The van der Waals surface area contributed by atoms with E-state index in [-0.39, 0.29) is 5.04 Å². The van der Waals surface area contributed by atoms with E-state index >= 15 is 0 Å². The lowest BCUT2D eigenvalue weighted by atomic mass is 10.2. The third-order valence-corrected chi connectivity index (χ3v) is 9.46. The van der Waals surface area contributed by atoms with Crippen LogP contribution in [-0.2, 0) is 4.43 Å². The van der Waals surface area contributed by atoms with E-state index in [9.17, 15) is 0 Å². The second-order valence-corrected chi connectivity index (χ2v) is 11.5. The number of hydrogen-bond donors (Lipinski definition) is 0. The molecule has 0 fully saturated rings. The fraction of sp³-hybridized carbons (Fsp3) is 0.364. The van der Waals surface area contributed by atoms with Crippen LogP contribution in [0.5, 0.6) is 0 Å². The zero-order chi connectivity index (χ0) is 17.5. The maximum absolute atomic E-state index is 6.80. The molecule has 0 aliphatic heterocycles. The minimum absolute atomic E-state index is 0.0597. The van der Waals surface area contributed by atoms with Gasteiger partial charge in [-0.2, -0.15) is 0 Å². The fourth-order valence-electron chi connectivity index (χ4n) is 3.33. The molecular weight excluding hydrogens is 308 g/mol. The summed E-state index contributed by atoms with van der Waals surface area (Å²) < 4.78 is 6.80. The van der Waals surface area contributed by atoms with Gasteiger partial charge in [0, 0.05) is 6.61 Å². The molecule has 0 aliphatic carbocycles. The highest BCUT2D eigenvalue weighted by Crippen LogP contribution is 2.36. The lowest BCUT2D eigenvalue weighted by Crippen LogP contribution is -2.66. The van der Waals surface area contributed by atoms with Crippen LogP contribution in [0.1, 0.15) is 40.5 Å². The van der Waals surface area contributed by atoms with Gasteiger partial charge in [-0.25, -0.2) is 0 Å². The van der Waals surface area contributed by atoms with E-state index in [1.54, 1.807) is 0 Å². The van der Waals surface area contributed by atoms with Crippen molar-refractivity contribution in [3.05, 3.63) is 72.8 Å². The number of hydrogen-bond acceptors (Lipinski definition) is 1. The number of rotatable bonds is 7. The molecule has 2 rings (SSSR count). The predicted octanol–water partition coefficient (Wildman–Crippen LogP) is 4.92. The van der Waals surface area contributed by atoms with Gasteiger partial charge in [-0.05, 0) is 28.3 Å². The number of allylic oxidation sites excluding steroid dienone is 1. The quantitative estimate of drug-likeness (QED) is 0.395. The normalized spacial score (nSPS) is 12.7. The average molecular weight is 339 g/mol. The Morgan fingerprint density at radius 3 is 1.75 bits per heavy atom. The first-order chi connectivity index (χ1) is 11.5. The SMILES string of the molecule is CCC=CCCO[Si](c1ccccc1)(c1ccccc1)C(C)(C)C. The summed E-state index contributed by atoms with van der Waals surface area (Å²) in [5.74, 6) is 0. The fourth-order valence-corrected chi connectivity index (χ4v) is 7.91. The van der Waals surface area contributed by atoms with Crippen molar-refractivity contribution in [3.63, 3.8) is 0 Å². The summed E-state index contributed by atoms with van der Waals surface area (Å²) >= 11 is 0. The molecule has 24 heavy (non-hydrogen) atoms. The summed E-state index contributed by atoms with van der Waals surface area (Å²) in [6.07, 6.45) is 6.50. The van der Waals surface area contributed by atoms with Gasteiger partial charge in [0.25, 0.3) is 8.32 Å². The van der Waals surface area contributed by atoms with Gasteiger partial charge >= 0.3 is 0 Å². The second-order valence-electron chi connectivity index (χ2n) is 7.18. The minimum Gasteiger partial charge on any atom is -0.407 e. The Morgan fingerprint density at radius 1 is 0.833 bits per heavy atom. The van der Waals surface area contributed by atoms with Crippen LogP contribution in [0.3, 0.4) is 0 Å².